The number of rotatable bonds is 7. The van der Waals surface area contributed by atoms with Crippen molar-refractivity contribution >= 4 is 44.9 Å². The first-order valence-corrected chi connectivity index (χ1v) is 11.4. The van der Waals surface area contributed by atoms with Gasteiger partial charge in [0, 0.05) is 23.2 Å². The minimum atomic E-state index is -0.293. The third kappa shape index (κ3) is 4.74. The largest absolute Gasteiger partial charge is 0.311 e. The molecule has 2 aromatic heterocycles. The van der Waals surface area contributed by atoms with E-state index in [0.717, 1.165) is 27.0 Å². The molecule has 0 fully saturated rings. The van der Waals surface area contributed by atoms with E-state index >= 15 is 0 Å². The maximum Gasteiger partial charge on any atom is 0.237 e. The second-order valence-electron chi connectivity index (χ2n) is 6.59. The monoisotopic (exact) mass is 448 g/mol. The molecule has 5 nitrogen and oxygen atoms in total. The number of nitriles is 1. The molecule has 0 atom stereocenters. The number of amides is 1. The number of hydrogen-bond donors (Lipinski definition) is 0. The smallest absolute Gasteiger partial charge is 0.237 e. The normalized spacial score (nSPS) is 10.7. The lowest BCUT2D eigenvalue weighted by atomic mass is 10.1. The molecule has 0 saturated carbocycles. The minimum Gasteiger partial charge on any atom is -0.311 e. The third-order valence-corrected chi connectivity index (χ3v) is 6.50. The number of thioether (sulfide) groups is 1. The van der Waals surface area contributed by atoms with Gasteiger partial charge in [0.1, 0.15) is 22.0 Å². The Morgan fingerprint density at radius 2 is 1.90 bits per heavy atom. The Labute approximate surface area is 187 Å². The van der Waals surface area contributed by atoms with Crippen molar-refractivity contribution < 1.29 is 9.18 Å². The molecule has 0 saturated heterocycles. The Hall–Kier alpha value is -3.28. The summed E-state index contributed by atoms with van der Waals surface area (Å²) in [4.78, 5) is 24.2. The fraction of sp³-hybridized carbons (Fsp3) is 0.130. The second kappa shape index (κ2) is 9.69. The first kappa shape index (κ1) is 21.0. The number of carbonyl (C=O) groups excluding carboxylic acids is 1. The van der Waals surface area contributed by atoms with E-state index < -0.39 is 0 Å². The lowest BCUT2D eigenvalue weighted by molar-refractivity contribution is -0.116. The molecule has 0 unspecified atom stereocenters. The molecular formula is C23H17FN4OS2. The van der Waals surface area contributed by atoms with E-state index in [-0.39, 0.29) is 23.9 Å². The highest BCUT2D eigenvalue weighted by molar-refractivity contribution is 8.00. The van der Waals surface area contributed by atoms with E-state index in [1.54, 1.807) is 17.0 Å². The topological polar surface area (TPSA) is 69.9 Å². The summed E-state index contributed by atoms with van der Waals surface area (Å²) < 4.78 is 13.3. The van der Waals surface area contributed by atoms with Crippen molar-refractivity contribution in [1.29, 1.82) is 5.26 Å². The predicted octanol–water partition coefficient (Wildman–Crippen LogP) is 5.54. The van der Waals surface area contributed by atoms with Gasteiger partial charge in [-0.1, -0.05) is 42.1 Å². The molecule has 0 aliphatic carbocycles. The SMILES string of the molecule is N#CCCN(C(=O)CSc1ncnc2scc(-c3ccc(F)cc3)c12)c1ccccc1. The number of fused-ring (bicyclic) bond motifs is 1. The maximum atomic E-state index is 13.3. The van der Waals surface area contributed by atoms with E-state index in [1.807, 2.05) is 35.7 Å². The molecule has 4 rings (SSSR count). The molecule has 0 bridgehead atoms. The standard InChI is InChI=1S/C23H17FN4OS2/c24-17-9-7-16(8-10-17)19-13-30-22-21(19)23(27-15-26-22)31-14-20(29)28(12-4-11-25)18-5-2-1-3-6-18/h1-3,5-10,13,15H,4,12,14H2. The number of halogens is 1. The predicted molar refractivity (Wildman–Crippen MR) is 123 cm³/mol. The number of carbonyl (C=O) groups is 1. The van der Waals surface area contributed by atoms with Gasteiger partial charge in [-0.05, 0) is 29.8 Å². The number of thiophene rings is 1. The fourth-order valence-electron chi connectivity index (χ4n) is 3.17. The van der Waals surface area contributed by atoms with Gasteiger partial charge in [-0.15, -0.1) is 11.3 Å². The zero-order valence-corrected chi connectivity index (χ0v) is 18.0. The van der Waals surface area contributed by atoms with Crippen molar-refractivity contribution in [2.75, 3.05) is 17.2 Å². The number of aromatic nitrogens is 2. The molecule has 0 spiro atoms. The van der Waals surface area contributed by atoms with Gasteiger partial charge < -0.3 is 4.90 Å². The number of benzene rings is 2. The average Bonchev–Trinajstić information content (AvgIpc) is 3.24. The first-order chi connectivity index (χ1) is 15.2. The van der Waals surface area contributed by atoms with Gasteiger partial charge in [-0.3, -0.25) is 4.79 Å². The Balaban J connectivity index is 1.60. The highest BCUT2D eigenvalue weighted by Gasteiger charge is 2.19. The summed E-state index contributed by atoms with van der Waals surface area (Å²) in [6, 6.07) is 17.7. The second-order valence-corrected chi connectivity index (χ2v) is 8.42. The van der Waals surface area contributed by atoms with Crippen LogP contribution in [0.5, 0.6) is 0 Å². The average molecular weight is 449 g/mol. The van der Waals surface area contributed by atoms with Gasteiger partial charge >= 0.3 is 0 Å². The van der Waals surface area contributed by atoms with Crippen LogP contribution in [0.2, 0.25) is 0 Å². The van der Waals surface area contributed by atoms with Gasteiger partial charge in [0.2, 0.25) is 5.91 Å². The summed E-state index contributed by atoms with van der Waals surface area (Å²) in [5.74, 6) is -0.222. The van der Waals surface area contributed by atoms with Crippen molar-refractivity contribution in [2.24, 2.45) is 0 Å². The van der Waals surface area contributed by atoms with Crippen LogP contribution < -0.4 is 4.90 Å². The molecule has 0 aliphatic heterocycles. The van der Waals surface area contributed by atoms with Crippen LogP contribution in [0.3, 0.4) is 0 Å². The molecule has 154 valence electrons. The number of para-hydroxylation sites is 1. The molecule has 0 aliphatic rings. The first-order valence-electron chi connectivity index (χ1n) is 9.50. The molecule has 1 amide bonds. The van der Waals surface area contributed by atoms with Crippen LogP contribution in [0.25, 0.3) is 21.3 Å². The molecular weight excluding hydrogens is 431 g/mol. The zero-order chi connectivity index (χ0) is 21.6. The molecule has 0 radical (unpaired) electrons. The van der Waals surface area contributed by atoms with Crippen molar-refractivity contribution in [3.8, 4) is 17.2 Å². The summed E-state index contributed by atoms with van der Waals surface area (Å²) in [6.45, 7) is 0.332. The van der Waals surface area contributed by atoms with Gasteiger partial charge in [0.15, 0.2) is 0 Å². The van der Waals surface area contributed by atoms with Crippen LogP contribution in [0.4, 0.5) is 10.1 Å². The molecule has 8 heteroatoms. The minimum absolute atomic E-state index is 0.100. The van der Waals surface area contributed by atoms with E-state index in [1.165, 1.54) is 41.6 Å². The molecule has 0 N–H and O–H groups in total. The van der Waals surface area contributed by atoms with Crippen molar-refractivity contribution in [2.45, 2.75) is 11.4 Å². The summed E-state index contributed by atoms with van der Waals surface area (Å²) in [5.41, 5.74) is 2.55. The number of hydrogen-bond acceptors (Lipinski definition) is 6. The van der Waals surface area contributed by atoms with Crippen molar-refractivity contribution in [1.82, 2.24) is 9.97 Å². The van der Waals surface area contributed by atoms with Crippen LogP contribution >= 0.6 is 23.1 Å². The van der Waals surface area contributed by atoms with Gasteiger partial charge in [0.25, 0.3) is 0 Å². The summed E-state index contributed by atoms with van der Waals surface area (Å²) in [5, 5.41) is 12.5. The van der Waals surface area contributed by atoms with Crippen LogP contribution in [-0.2, 0) is 4.79 Å². The van der Waals surface area contributed by atoms with Crippen molar-refractivity contribution in [3.63, 3.8) is 0 Å². The fourth-order valence-corrected chi connectivity index (χ4v) is 5.04. The molecule has 4 aromatic rings. The van der Waals surface area contributed by atoms with Crippen LogP contribution in [-0.4, -0.2) is 28.2 Å². The lowest BCUT2D eigenvalue weighted by Crippen LogP contribution is -2.33. The highest BCUT2D eigenvalue weighted by Crippen LogP contribution is 2.38. The van der Waals surface area contributed by atoms with E-state index in [0.29, 0.717) is 11.6 Å². The summed E-state index contributed by atoms with van der Waals surface area (Å²) in [7, 11) is 0. The number of anilines is 1. The van der Waals surface area contributed by atoms with Crippen LogP contribution in [0.15, 0.2) is 71.3 Å². The third-order valence-electron chi connectivity index (χ3n) is 4.64. The van der Waals surface area contributed by atoms with Gasteiger partial charge in [-0.2, -0.15) is 5.26 Å². The van der Waals surface area contributed by atoms with Gasteiger partial charge in [-0.25, -0.2) is 14.4 Å². The Kier molecular flexibility index (Phi) is 6.55. The Morgan fingerprint density at radius 3 is 2.65 bits per heavy atom. The summed E-state index contributed by atoms with van der Waals surface area (Å²) >= 11 is 2.82. The zero-order valence-electron chi connectivity index (χ0n) is 16.4. The van der Waals surface area contributed by atoms with E-state index in [4.69, 9.17) is 5.26 Å². The Morgan fingerprint density at radius 1 is 1.13 bits per heavy atom. The summed E-state index contributed by atoms with van der Waals surface area (Å²) in [6.07, 6.45) is 1.74. The molecule has 31 heavy (non-hydrogen) atoms. The van der Waals surface area contributed by atoms with E-state index in [2.05, 4.69) is 16.0 Å². The number of nitrogens with zero attached hydrogens (tertiary/aromatic N) is 4. The lowest BCUT2D eigenvalue weighted by Gasteiger charge is -2.21. The quantitative estimate of drug-likeness (QED) is 0.274. The highest BCUT2D eigenvalue weighted by atomic mass is 32.2. The Bertz CT molecular complexity index is 1240. The maximum absolute atomic E-state index is 13.3. The molecule has 2 aromatic carbocycles. The molecule has 2 heterocycles. The van der Waals surface area contributed by atoms with Crippen molar-refractivity contribution in [3.05, 3.63) is 72.1 Å². The van der Waals surface area contributed by atoms with Crippen LogP contribution in [0.1, 0.15) is 6.42 Å². The van der Waals surface area contributed by atoms with Crippen LogP contribution in [0, 0.1) is 17.1 Å². The van der Waals surface area contributed by atoms with E-state index in [9.17, 15) is 9.18 Å². The van der Waals surface area contributed by atoms with Gasteiger partial charge in [0.05, 0.1) is 23.6 Å².